The summed E-state index contributed by atoms with van der Waals surface area (Å²) in [7, 11) is 0. The maximum absolute atomic E-state index is 15.2. The van der Waals surface area contributed by atoms with Crippen molar-refractivity contribution in [1.82, 2.24) is 15.6 Å². The molecule has 1 aliphatic heterocycles. The highest BCUT2D eigenvalue weighted by molar-refractivity contribution is 6.03. The van der Waals surface area contributed by atoms with Gasteiger partial charge in [-0.3, -0.25) is 4.79 Å². The van der Waals surface area contributed by atoms with Gasteiger partial charge in [0.1, 0.15) is 5.82 Å². The summed E-state index contributed by atoms with van der Waals surface area (Å²) in [6, 6.07) is 7.10. The number of fused-ring (bicyclic) bond motifs is 1. The molecule has 0 radical (unpaired) electrons. The Kier molecular flexibility index (Phi) is 9.03. The first kappa shape index (κ1) is 25.2. The van der Waals surface area contributed by atoms with Gasteiger partial charge in [0.15, 0.2) is 11.6 Å². The van der Waals surface area contributed by atoms with Crippen molar-refractivity contribution in [2.45, 2.75) is 46.2 Å². The maximum atomic E-state index is 15.2. The molecule has 0 saturated carbocycles. The molecular formula is C24H32FN5O4. The van der Waals surface area contributed by atoms with E-state index in [1.54, 1.807) is 0 Å². The fraction of sp³-hybridized carbons (Fsp3) is 0.458. The number of hydrogen-bond donors (Lipinski definition) is 4. The zero-order valence-electron chi connectivity index (χ0n) is 19.8. The van der Waals surface area contributed by atoms with Crippen LogP contribution in [-0.2, 0) is 16.0 Å². The van der Waals surface area contributed by atoms with Gasteiger partial charge in [-0.1, -0.05) is 25.5 Å². The molecule has 9 nitrogen and oxygen atoms in total. The van der Waals surface area contributed by atoms with Gasteiger partial charge in [-0.25, -0.2) is 14.2 Å². The van der Waals surface area contributed by atoms with Crippen LogP contribution < -0.4 is 21.3 Å². The molecule has 2 heterocycles. The lowest BCUT2D eigenvalue weighted by Gasteiger charge is -2.20. The normalized spacial score (nSPS) is 13.1. The molecule has 0 aliphatic carbocycles. The van der Waals surface area contributed by atoms with Gasteiger partial charge in [0.05, 0.1) is 24.8 Å². The Morgan fingerprint density at radius 2 is 2.12 bits per heavy atom. The van der Waals surface area contributed by atoms with Crippen LogP contribution in [0.3, 0.4) is 0 Å². The van der Waals surface area contributed by atoms with Crippen molar-refractivity contribution < 1.29 is 23.5 Å². The zero-order chi connectivity index (χ0) is 24.5. The SMILES string of the molecule is CCCCOC(=O)N[C@H](CNc1nc(Nc2cccc(C)c2)c2c(c1F)CNC2=O)COCC. The molecule has 0 unspecified atom stereocenters. The van der Waals surface area contributed by atoms with Crippen molar-refractivity contribution in [3.05, 3.63) is 46.8 Å². The van der Waals surface area contributed by atoms with Crippen molar-refractivity contribution in [3.63, 3.8) is 0 Å². The van der Waals surface area contributed by atoms with E-state index in [0.717, 1.165) is 24.1 Å². The zero-order valence-corrected chi connectivity index (χ0v) is 19.8. The molecule has 10 heteroatoms. The minimum absolute atomic E-state index is 0.0203. The summed E-state index contributed by atoms with van der Waals surface area (Å²) < 4.78 is 25.8. The maximum Gasteiger partial charge on any atom is 0.407 e. The molecule has 1 aromatic carbocycles. The Bertz CT molecular complexity index is 1020. The molecule has 2 amide bonds. The average Bonchev–Trinajstić information content (AvgIpc) is 3.20. The van der Waals surface area contributed by atoms with E-state index < -0.39 is 18.0 Å². The molecule has 0 saturated heterocycles. The van der Waals surface area contributed by atoms with Crippen molar-refractivity contribution in [1.29, 1.82) is 0 Å². The number of aromatic nitrogens is 1. The van der Waals surface area contributed by atoms with Crippen molar-refractivity contribution in [2.24, 2.45) is 0 Å². The Labute approximate surface area is 198 Å². The summed E-state index contributed by atoms with van der Waals surface area (Å²) in [4.78, 5) is 28.8. The van der Waals surface area contributed by atoms with Gasteiger partial charge in [0.2, 0.25) is 0 Å². The van der Waals surface area contributed by atoms with Crippen LogP contribution in [0, 0.1) is 12.7 Å². The number of benzene rings is 1. The number of rotatable bonds is 12. The van der Waals surface area contributed by atoms with Gasteiger partial charge < -0.3 is 30.7 Å². The number of carbonyl (C=O) groups is 2. The summed E-state index contributed by atoms with van der Waals surface area (Å²) in [5.41, 5.74) is 2.19. The number of halogens is 1. The third kappa shape index (κ3) is 6.57. The predicted molar refractivity (Wildman–Crippen MR) is 128 cm³/mol. The standard InChI is InChI=1S/C24H32FN5O4/c1-4-6-10-34-24(32)29-17(14-33-5-2)12-26-22-20(25)18-13-27-23(31)19(18)21(30-22)28-16-9-7-8-15(3)11-16/h7-9,11,17H,4-6,10,12-14H2,1-3H3,(H,27,31)(H,29,32)(H2,26,28,30)/t17-/m1/s1. The first-order chi connectivity index (χ1) is 16.4. The van der Waals surface area contributed by atoms with E-state index >= 15 is 4.39 Å². The number of hydrogen-bond acceptors (Lipinski definition) is 7. The van der Waals surface area contributed by atoms with Crippen LogP contribution in [0.25, 0.3) is 0 Å². The lowest BCUT2D eigenvalue weighted by molar-refractivity contribution is 0.0966. The van der Waals surface area contributed by atoms with Gasteiger partial charge in [0, 0.05) is 30.9 Å². The van der Waals surface area contributed by atoms with E-state index in [9.17, 15) is 9.59 Å². The van der Waals surface area contributed by atoms with Crippen LogP contribution in [0.15, 0.2) is 24.3 Å². The predicted octanol–water partition coefficient (Wildman–Crippen LogP) is 3.86. The summed E-state index contributed by atoms with van der Waals surface area (Å²) in [6.45, 7) is 7.03. The van der Waals surface area contributed by atoms with Crippen molar-refractivity contribution in [3.8, 4) is 0 Å². The van der Waals surface area contributed by atoms with Crippen LogP contribution in [0.2, 0.25) is 0 Å². The molecular weight excluding hydrogens is 441 g/mol. The number of amides is 2. The van der Waals surface area contributed by atoms with Gasteiger partial charge in [-0.2, -0.15) is 0 Å². The lowest BCUT2D eigenvalue weighted by Crippen LogP contribution is -2.43. The van der Waals surface area contributed by atoms with E-state index in [2.05, 4.69) is 26.3 Å². The second kappa shape index (κ2) is 12.2. The van der Waals surface area contributed by atoms with E-state index in [1.807, 2.05) is 45.0 Å². The van der Waals surface area contributed by atoms with Crippen LogP contribution in [-0.4, -0.2) is 49.4 Å². The molecule has 184 valence electrons. The number of unbranched alkanes of at least 4 members (excludes halogenated alkanes) is 1. The first-order valence-corrected chi connectivity index (χ1v) is 11.5. The Hall–Kier alpha value is -3.40. The molecule has 34 heavy (non-hydrogen) atoms. The summed E-state index contributed by atoms with van der Waals surface area (Å²) in [6.07, 6.45) is 1.13. The highest BCUT2D eigenvalue weighted by atomic mass is 19.1. The fourth-order valence-electron chi connectivity index (χ4n) is 3.50. The second-order valence-corrected chi connectivity index (χ2v) is 8.02. The highest BCUT2D eigenvalue weighted by Gasteiger charge is 2.30. The molecule has 1 atom stereocenters. The van der Waals surface area contributed by atoms with E-state index in [4.69, 9.17) is 9.47 Å². The van der Waals surface area contributed by atoms with Crippen LogP contribution in [0.5, 0.6) is 0 Å². The molecule has 0 bridgehead atoms. The number of carbonyl (C=O) groups excluding carboxylic acids is 2. The third-order valence-electron chi connectivity index (χ3n) is 5.26. The molecule has 4 N–H and O–H groups in total. The second-order valence-electron chi connectivity index (χ2n) is 8.02. The Morgan fingerprint density at radius 3 is 2.85 bits per heavy atom. The molecule has 2 aromatic rings. The molecule has 1 aliphatic rings. The lowest BCUT2D eigenvalue weighted by atomic mass is 10.1. The monoisotopic (exact) mass is 473 g/mol. The number of nitrogens with one attached hydrogen (secondary N) is 4. The summed E-state index contributed by atoms with van der Waals surface area (Å²) >= 11 is 0. The molecule has 3 rings (SSSR count). The van der Waals surface area contributed by atoms with E-state index in [-0.39, 0.29) is 48.4 Å². The topological polar surface area (TPSA) is 114 Å². The summed E-state index contributed by atoms with van der Waals surface area (Å²) in [5, 5.41) is 11.5. The van der Waals surface area contributed by atoms with E-state index in [0.29, 0.717) is 13.2 Å². The van der Waals surface area contributed by atoms with Crippen molar-refractivity contribution >= 4 is 29.3 Å². The van der Waals surface area contributed by atoms with E-state index in [1.165, 1.54) is 0 Å². The largest absolute Gasteiger partial charge is 0.450 e. The number of ether oxygens (including phenoxy) is 2. The third-order valence-corrected chi connectivity index (χ3v) is 5.26. The summed E-state index contributed by atoms with van der Waals surface area (Å²) in [5.74, 6) is -0.751. The fourth-order valence-corrected chi connectivity index (χ4v) is 3.50. The highest BCUT2D eigenvalue weighted by Crippen LogP contribution is 2.31. The quantitative estimate of drug-likeness (QED) is 0.346. The van der Waals surface area contributed by atoms with Crippen LogP contribution in [0.4, 0.5) is 26.5 Å². The van der Waals surface area contributed by atoms with Gasteiger partial charge in [0.25, 0.3) is 5.91 Å². The molecule has 1 aromatic heterocycles. The number of alkyl carbamates (subject to hydrolysis) is 1. The first-order valence-electron chi connectivity index (χ1n) is 11.5. The van der Waals surface area contributed by atoms with Gasteiger partial charge in [-0.15, -0.1) is 0 Å². The Balaban J connectivity index is 1.78. The van der Waals surface area contributed by atoms with Crippen LogP contribution >= 0.6 is 0 Å². The molecule has 0 spiro atoms. The minimum Gasteiger partial charge on any atom is -0.450 e. The van der Waals surface area contributed by atoms with Gasteiger partial charge >= 0.3 is 6.09 Å². The number of nitrogens with zero attached hydrogens (tertiary/aromatic N) is 1. The number of aryl methyl sites for hydroxylation is 1. The van der Waals surface area contributed by atoms with Crippen LogP contribution in [0.1, 0.15) is 48.2 Å². The Morgan fingerprint density at radius 1 is 1.29 bits per heavy atom. The van der Waals surface area contributed by atoms with Crippen molar-refractivity contribution in [2.75, 3.05) is 37.0 Å². The molecule has 0 fully saturated rings. The van der Waals surface area contributed by atoms with Gasteiger partial charge in [-0.05, 0) is 38.0 Å². The average molecular weight is 474 g/mol. The number of pyridine rings is 1. The number of anilines is 3. The minimum atomic E-state index is -0.608. The smallest absolute Gasteiger partial charge is 0.407 e.